The largest absolute Gasteiger partial charge is 0.370 e. The lowest BCUT2D eigenvalue weighted by molar-refractivity contribution is -0.0379. The zero-order valence-corrected chi connectivity index (χ0v) is 19.5. The minimum absolute atomic E-state index is 0.0186. The maximum atomic E-state index is 13.9. The first-order valence-corrected chi connectivity index (χ1v) is 12.2. The Bertz CT molecular complexity index is 1320. The maximum Gasteiger partial charge on any atom is 0.267 e. The number of thiophene rings is 1. The Balaban J connectivity index is 1.71. The molecule has 0 unspecified atom stereocenters. The Kier molecular flexibility index (Phi) is 5.24. The monoisotopic (exact) mass is 448 g/mol. The van der Waals surface area contributed by atoms with E-state index in [2.05, 4.69) is 26.0 Å². The number of benzene rings is 2. The standard InChI is InChI=1S/C25H24N2O2S2/c1-16-9-7-8-12-19(16)27-23(28)21-18-13-25(2,3)29-14-20(18)31-22(21)26-24(27)30-15-17-10-5-4-6-11-17/h4-12H,13-15H2,1-3H3. The van der Waals surface area contributed by atoms with Crippen LogP contribution in [0.4, 0.5) is 0 Å². The van der Waals surface area contributed by atoms with Crippen molar-refractivity contribution < 1.29 is 4.74 Å². The minimum atomic E-state index is -0.276. The van der Waals surface area contributed by atoms with Crippen LogP contribution >= 0.6 is 23.1 Å². The van der Waals surface area contributed by atoms with Gasteiger partial charge in [0.05, 0.1) is 23.3 Å². The number of hydrogen-bond acceptors (Lipinski definition) is 5. The first-order chi connectivity index (χ1) is 14.9. The van der Waals surface area contributed by atoms with Gasteiger partial charge in [-0.15, -0.1) is 11.3 Å². The van der Waals surface area contributed by atoms with E-state index in [4.69, 9.17) is 9.72 Å². The molecule has 2 aromatic heterocycles. The van der Waals surface area contributed by atoms with E-state index >= 15 is 0 Å². The van der Waals surface area contributed by atoms with Crippen molar-refractivity contribution in [2.24, 2.45) is 0 Å². The molecule has 0 bridgehead atoms. The van der Waals surface area contributed by atoms with Gasteiger partial charge in [-0.3, -0.25) is 9.36 Å². The number of nitrogens with zero attached hydrogens (tertiary/aromatic N) is 2. The summed E-state index contributed by atoms with van der Waals surface area (Å²) in [6.45, 7) is 6.74. The summed E-state index contributed by atoms with van der Waals surface area (Å²) in [4.78, 5) is 20.9. The third kappa shape index (κ3) is 3.84. The average Bonchev–Trinajstić information content (AvgIpc) is 3.10. The lowest BCUT2D eigenvalue weighted by Crippen LogP contribution is -2.32. The van der Waals surface area contributed by atoms with Crippen molar-refractivity contribution >= 4 is 33.3 Å². The summed E-state index contributed by atoms with van der Waals surface area (Å²) >= 11 is 3.20. The molecule has 4 aromatic rings. The van der Waals surface area contributed by atoms with Crippen LogP contribution in [0.1, 0.15) is 35.4 Å². The summed E-state index contributed by atoms with van der Waals surface area (Å²) in [7, 11) is 0. The Morgan fingerprint density at radius 1 is 1.13 bits per heavy atom. The zero-order valence-electron chi connectivity index (χ0n) is 17.8. The van der Waals surface area contributed by atoms with E-state index in [9.17, 15) is 4.79 Å². The molecule has 2 aromatic carbocycles. The predicted octanol–water partition coefficient (Wildman–Crippen LogP) is 5.90. The Morgan fingerprint density at radius 3 is 2.65 bits per heavy atom. The van der Waals surface area contributed by atoms with E-state index in [1.54, 1.807) is 27.7 Å². The molecule has 0 aliphatic carbocycles. The minimum Gasteiger partial charge on any atom is -0.370 e. The van der Waals surface area contributed by atoms with Gasteiger partial charge in [0, 0.05) is 17.1 Å². The van der Waals surface area contributed by atoms with Gasteiger partial charge in [-0.2, -0.15) is 0 Å². The van der Waals surface area contributed by atoms with Crippen LogP contribution in [-0.2, 0) is 23.5 Å². The summed E-state index contributed by atoms with van der Waals surface area (Å²) in [5, 5.41) is 1.48. The number of aryl methyl sites for hydroxylation is 1. The molecule has 31 heavy (non-hydrogen) atoms. The van der Waals surface area contributed by atoms with Gasteiger partial charge in [-0.05, 0) is 43.5 Å². The average molecular weight is 449 g/mol. The molecule has 0 fully saturated rings. The molecular weight excluding hydrogens is 424 g/mol. The highest BCUT2D eigenvalue weighted by atomic mass is 32.2. The van der Waals surface area contributed by atoms with Gasteiger partial charge in [0.15, 0.2) is 5.16 Å². The van der Waals surface area contributed by atoms with Gasteiger partial charge in [0.2, 0.25) is 0 Å². The summed E-state index contributed by atoms with van der Waals surface area (Å²) in [5.74, 6) is 0.756. The number of rotatable bonds is 4. The first-order valence-electron chi connectivity index (χ1n) is 10.4. The Hall–Kier alpha value is -2.41. The van der Waals surface area contributed by atoms with Crippen LogP contribution in [0.5, 0.6) is 0 Å². The topological polar surface area (TPSA) is 44.1 Å². The number of hydrogen-bond donors (Lipinski definition) is 0. The molecular formula is C25H24N2O2S2. The number of thioether (sulfide) groups is 1. The van der Waals surface area contributed by atoms with Crippen LogP contribution in [0.15, 0.2) is 64.5 Å². The number of aromatic nitrogens is 2. The fourth-order valence-electron chi connectivity index (χ4n) is 4.02. The molecule has 158 valence electrons. The van der Waals surface area contributed by atoms with Crippen molar-refractivity contribution in [1.29, 1.82) is 0 Å². The predicted molar refractivity (Wildman–Crippen MR) is 129 cm³/mol. The van der Waals surface area contributed by atoms with Crippen molar-refractivity contribution in [1.82, 2.24) is 9.55 Å². The molecule has 1 aliphatic rings. The van der Waals surface area contributed by atoms with Crippen molar-refractivity contribution in [3.63, 3.8) is 0 Å². The number of para-hydroxylation sites is 1. The van der Waals surface area contributed by atoms with E-state index in [1.165, 1.54) is 5.56 Å². The van der Waals surface area contributed by atoms with Gasteiger partial charge in [0.25, 0.3) is 5.56 Å². The third-order valence-electron chi connectivity index (χ3n) is 5.64. The van der Waals surface area contributed by atoms with Crippen LogP contribution in [0, 0.1) is 6.92 Å². The summed E-state index contributed by atoms with van der Waals surface area (Å²) in [6, 6.07) is 18.3. The highest BCUT2D eigenvalue weighted by Crippen LogP contribution is 2.38. The molecule has 0 saturated heterocycles. The summed E-state index contributed by atoms with van der Waals surface area (Å²) in [6.07, 6.45) is 0.726. The van der Waals surface area contributed by atoms with E-state index in [0.29, 0.717) is 6.61 Å². The molecule has 0 atom stereocenters. The van der Waals surface area contributed by atoms with Gasteiger partial charge in [0.1, 0.15) is 4.83 Å². The lowest BCUT2D eigenvalue weighted by Gasteiger charge is -2.30. The zero-order chi connectivity index (χ0) is 21.6. The SMILES string of the molecule is Cc1ccccc1-n1c(SCc2ccccc2)nc2sc3c(c2c1=O)CC(C)(C)OC3. The van der Waals surface area contributed by atoms with E-state index < -0.39 is 0 Å². The highest BCUT2D eigenvalue weighted by Gasteiger charge is 2.31. The van der Waals surface area contributed by atoms with Crippen molar-refractivity contribution in [2.45, 2.75) is 50.3 Å². The highest BCUT2D eigenvalue weighted by molar-refractivity contribution is 7.98. The van der Waals surface area contributed by atoms with Gasteiger partial charge >= 0.3 is 0 Å². The second-order valence-electron chi connectivity index (χ2n) is 8.50. The molecule has 6 heteroatoms. The quantitative estimate of drug-likeness (QED) is 0.288. The van der Waals surface area contributed by atoms with Crippen LogP contribution in [0.2, 0.25) is 0 Å². The molecule has 0 radical (unpaired) electrons. The second-order valence-corrected chi connectivity index (χ2v) is 10.5. The molecule has 0 saturated carbocycles. The molecule has 3 heterocycles. The van der Waals surface area contributed by atoms with Gasteiger partial charge in [-0.25, -0.2) is 4.98 Å². The molecule has 0 amide bonds. The first kappa shape index (κ1) is 20.5. The fourth-order valence-corrected chi connectivity index (χ4v) is 6.13. The van der Waals surface area contributed by atoms with Crippen molar-refractivity contribution in [3.05, 3.63) is 86.5 Å². The molecule has 0 N–H and O–H groups in total. The summed E-state index contributed by atoms with van der Waals surface area (Å²) in [5.41, 5.74) is 4.00. The number of ether oxygens (including phenoxy) is 1. The molecule has 5 rings (SSSR count). The smallest absolute Gasteiger partial charge is 0.267 e. The van der Waals surface area contributed by atoms with Crippen LogP contribution < -0.4 is 5.56 Å². The fraction of sp³-hybridized carbons (Fsp3) is 0.280. The normalized spacial score (nSPS) is 15.2. The molecule has 0 spiro atoms. The van der Waals surface area contributed by atoms with Crippen LogP contribution in [0.25, 0.3) is 15.9 Å². The maximum absolute atomic E-state index is 13.9. The third-order valence-corrected chi connectivity index (χ3v) is 7.75. The number of fused-ring (bicyclic) bond motifs is 3. The van der Waals surface area contributed by atoms with Gasteiger partial charge in [-0.1, -0.05) is 60.3 Å². The van der Waals surface area contributed by atoms with E-state index in [-0.39, 0.29) is 11.2 Å². The van der Waals surface area contributed by atoms with E-state index in [0.717, 1.165) is 49.2 Å². The Labute approximate surface area is 189 Å². The molecule has 1 aliphatic heterocycles. The van der Waals surface area contributed by atoms with Crippen molar-refractivity contribution in [2.75, 3.05) is 0 Å². The van der Waals surface area contributed by atoms with Crippen LogP contribution in [-0.4, -0.2) is 15.2 Å². The van der Waals surface area contributed by atoms with Crippen LogP contribution in [0.3, 0.4) is 0 Å². The van der Waals surface area contributed by atoms with E-state index in [1.807, 2.05) is 49.4 Å². The lowest BCUT2D eigenvalue weighted by atomic mass is 9.94. The molecule has 4 nitrogen and oxygen atoms in total. The second kappa shape index (κ2) is 7.93. The van der Waals surface area contributed by atoms with Gasteiger partial charge < -0.3 is 4.74 Å². The Morgan fingerprint density at radius 2 is 1.87 bits per heavy atom. The van der Waals surface area contributed by atoms with Crippen molar-refractivity contribution in [3.8, 4) is 5.69 Å². The summed E-state index contributed by atoms with van der Waals surface area (Å²) < 4.78 is 7.81.